The average Bonchev–Trinajstić information content (AvgIpc) is 3.40. The molecule has 5 rings (SSSR count). The Morgan fingerprint density at radius 2 is 1.97 bits per heavy atom. The van der Waals surface area contributed by atoms with E-state index in [0.29, 0.717) is 11.7 Å². The van der Waals surface area contributed by atoms with Crippen molar-refractivity contribution in [2.75, 3.05) is 12.4 Å². The number of anilines is 1. The van der Waals surface area contributed by atoms with Crippen LogP contribution in [0.5, 0.6) is 0 Å². The molecule has 0 bridgehead atoms. The van der Waals surface area contributed by atoms with Gasteiger partial charge in [-0.1, -0.05) is 39.0 Å². The van der Waals surface area contributed by atoms with Crippen molar-refractivity contribution in [3.63, 3.8) is 0 Å². The van der Waals surface area contributed by atoms with E-state index < -0.39 is 0 Å². The average molecular weight is 429 g/mol. The van der Waals surface area contributed by atoms with E-state index >= 15 is 0 Å². The van der Waals surface area contributed by atoms with Crippen LogP contribution in [0.1, 0.15) is 50.2 Å². The molecule has 1 aliphatic carbocycles. The summed E-state index contributed by atoms with van der Waals surface area (Å²) in [5.74, 6) is 1.98. The van der Waals surface area contributed by atoms with Gasteiger partial charge in [0, 0.05) is 71.9 Å². The summed E-state index contributed by atoms with van der Waals surface area (Å²) in [4.78, 5) is 29.5. The molecule has 4 N–H and O–H groups in total. The number of nitrogens with one attached hydrogen (secondary N) is 2. The molecule has 1 saturated carbocycles. The number of carbonyl (C=O) groups is 1. The number of primary amides is 1. The Bertz CT molecular complexity index is 1140. The number of H-pyrrole nitrogens is 1. The smallest absolute Gasteiger partial charge is 0.233 e. The first kappa shape index (κ1) is 22.2. The summed E-state index contributed by atoms with van der Waals surface area (Å²) in [7, 11) is 1.79. The van der Waals surface area contributed by atoms with Crippen LogP contribution in [0.25, 0.3) is 27.9 Å². The Morgan fingerprint density at radius 1 is 1.23 bits per heavy atom. The van der Waals surface area contributed by atoms with Crippen LogP contribution in [0.3, 0.4) is 0 Å². The Balaban J connectivity index is 0.000000661. The number of nitrogens with two attached hydrogens (primary N) is 1. The summed E-state index contributed by atoms with van der Waals surface area (Å²) < 4.78 is 1.89. The summed E-state index contributed by atoms with van der Waals surface area (Å²) in [6, 6.07) is 0. The topological polar surface area (TPSA) is 127 Å². The van der Waals surface area contributed by atoms with Gasteiger partial charge in [0.05, 0.1) is 0 Å². The van der Waals surface area contributed by atoms with Gasteiger partial charge >= 0.3 is 0 Å². The first-order valence-electron chi connectivity index (χ1n) is 10.5. The number of imidazole rings is 1. The number of nitrogens with zero attached hydrogens (tertiary/aromatic N) is 5. The van der Waals surface area contributed by atoms with Gasteiger partial charge in [-0.2, -0.15) is 4.98 Å². The highest BCUT2D eigenvalue weighted by molar-refractivity contribution is 5.93. The highest BCUT2D eigenvalue weighted by Gasteiger charge is 2.10. The van der Waals surface area contributed by atoms with E-state index in [2.05, 4.69) is 42.9 Å². The third kappa shape index (κ3) is 6.00. The number of rotatable bonds is 2. The first-order valence-corrected chi connectivity index (χ1v) is 10.5. The zero-order valence-corrected chi connectivity index (χ0v) is 18.3. The number of fused-ring (bicyclic) bond motifs is 2. The quantitative estimate of drug-likeness (QED) is 0.430. The Kier molecular flexibility index (Phi) is 7.53. The number of amides is 1. The van der Waals surface area contributed by atoms with E-state index in [1.54, 1.807) is 25.6 Å². The molecule has 4 aromatic rings. The van der Waals surface area contributed by atoms with Crippen LogP contribution in [0.4, 0.5) is 5.95 Å². The van der Waals surface area contributed by atoms with E-state index in [9.17, 15) is 4.79 Å². The van der Waals surface area contributed by atoms with Crippen molar-refractivity contribution >= 4 is 28.7 Å². The summed E-state index contributed by atoms with van der Waals surface area (Å²) in [6.07, 6.45) is 18.5. The predicted molar refractivity (Wildman–Crippen MR) is 129 cm³/mol. The number of hydrogen-bond donors (Lipinski definition) is 3. The van der Waals surface area contributed by atoms with E-state index in [1.165, 1.54) is 39.0 Å². The van der Waals surface area contributed by atoms with Gasteiger partial charge in [-0.15, -0.1) is 0 Å². The van der Waals surface area contributed by atoms with Gasteiger partial charge in [0.15, 0.2) is 0 Å². The van der Waals surface area contributed by atoms with Crippen molar-refractivity contribution in [2.24, 2.45) is 11.7 Å². The van der Waals surface area contributed by atoms with E-state index in [4.69, 9.17) is 0 Å². The molecule has 0 radical (unpaired) electrons. The second-order valence-corrected chi connectivity index (χ2v) is 7.74. The molecule has 0 saturated heterocycles. The number of aromatic amines is 1. The maximum atomic E-state index is 9.22. The molecule has 170 valence electrons. The second-order valence-electron chi connectivity index (χ2n) is 7.74. The molecule has 9 heteroatoms. The molecule has 0 aromatic carbocycles. The highest BCUT2D eigenvalue weighted by atomic mass is 16.1. The fourth-order valence-electron chi connectivity index (χ4n) is 3.53. The molecule has 1 fully saturated rings. The van der Waals surface area contributed by atoms with Crippen molar-refractivity contribution in [3.8, 4) is 11.1 Å². The van der Waals surface area contributed by atoms with Crippen molar-refractivity contribution in [1.29, 1.82) is 0 Å². The van der Waals surface area contributed by atoms with Crippen LogP contribution >= 0.6 is 0 Å². The Labute approximate surface area is 186 Å². The fourth-order valence-corrected chi connectivity index (χ4v) is 3.53. The standard InChI is InChI=1S/C13H11N7.C7H14.C2H5NO.3H2/c1-14-12-17-6-10-9(5-16-11(10)19-12)8-4-18-13-15-2-3-20(13)7-8;1-7-5-3-2-4-6-7;1-2(3)4;;;/h2-7H,1H3,(H2,14,16,17,19);7H,2-6H2,1H3;1H3,(H2,3,4);3*1H. The van der Waals surface area contributed by atoms with Crippen molar-refractivity contribution in [1.82, 2.24) is 29.3 Å². The third-order valence-electron chi connectivity index (χ3n) is 5.11. The largest absolute Gasteiger partial charge is 0.370 e. The Morgan fingerprint density at radius 3 is 2.61 bits per heavy atom. The molecule has 31 heavy (non-hydrogen) atoms. The van der Waals surface area contributed by atoms with Crippen LogP contribution in [0, 0.1) is 5.92 Å². The van der Waals surface area contributed by atoms with Crippen molar-refractivity contribution in [3.05, 3.63) is 37.2 Å². The predicted octanol–water partition coefficient (Wildman–Crippen LogP) is 4.53. The van der Waals surface area contributed by atoms with Gasteiger partial charge in [0.2, 0.25) is 17.6 Å². The SMILES string of the molecule is CC(N)=O.CC1CCCCC1.CNc1ncc2c(-c3cnc4nccn4c3)c[nH]c2n1.[HH].[HH].[HH]. The van der Waals surface area contributed by atoms with Crippen LogP contribution in [0.2, 0.25) is 0 Å². The lowest BCUT2D eigenvalue weighted by Crippen LogP contribution is -2.01. The third-order valence-corrected chi connectivity index (χ3v) is 5.11. The molecular weight excluding hydrogens is 392 g/mol. The minimum atomic E-state index is -0.333. The number of carbonyl (C=O) groups excluding carboxylic acids is 1. The van der Waals surface area contributed by atoms with E-state index in [0.717, 1.165) is 28.1 Å². The number of hydrogen-bond acceptors (Lipinski definition) is 6. The summed E-state index contributed by atoms with van der Waals surface area (Å²) in [5.41, 5.74) is 7.28. The maximum Gasteiger partial charge on any atom is 0.233 e. The van der Waals surface area contributed by atoms with Gasteiger partial charge in [-0.05, 0) is 5.92 Å². The minimum Gasteiger partial charge on any atom is -0.370 e. The summed E-state index contributed by atoms with van der Waals surface area (Å²) >= 11 is 0. The molecule has 9 nitrogen and oxygen atoms in total. The lowest BCUT2D eigenvalue weighted by Gasteiger charge is -2.15. The van der Waals surface area contributed by atoms with Crippen LogP contribution in [-0.4, -0.2) is 42.3 Å². The highest BCUT2D eigenvalue weighted by Crippen LogP contribution is 2.27. The molecule has 1 aliphatic rings. The van der Waals surface area contributed by atoms with Gasteiger partial charge in [0.1, 0.15) is 5.65 Å². The van der Waals surface area contributed by atoms with E-state index in [-0.39, 0.29) is 10.2 Å². The normalized spacial score (nSPS) is 13.8. The molecule has 0 spiro atoms. The van der Waals surface area contributed by atoms with Crippen LogP contribution in [-0.2, 0) is 4.79 Å². The molecule has 4 heterocycles. The first-order chi connectivity index (χ1) is 15.0. The zero-order valence-electron chi connectivity index (χ0n) is 18.3. The molecule has 0 atom stereocenters. The minimum absolute atomic E-state index is 0. The second kappa shape index (κ2) is 10.5. The molecule has 0 aliphatic heterocycles. The van der Waals surface area contributed by atoms with Crippen molar-refractivity contribution < 1.29 is 9.07 Å². The molecular formula is C22H36N8O. The zero-order chi connectivity index (χ0) is 22.2. The van der Waals surface area contributed by atoms with Crippen molar-refractivity contribution in [2.45, 2.75) is 46.0 Å². The molecule has 1 amide bonds. The molecule has 0 unspecified atom stereocenters. The Hall–Kier alpha value is -3.49. The fraction of sp³-hybridized carbons (Fsp3) is 0.409. The van der Waals surface area contributed by atoms with E-state index in [1.807, 2.05) is 23.0 Å². The van der Waals surface area contributed by atoms with Gasteiger partial charge < -0.3 is 16.0 Å². The lowest BCUT2D eigenvalue weighted by atomic mass is 9.91. The summed E-state index contributed by atoms with van der Waals surface area (Å²) in [5, 5.41) is 3.89. The van der Waals surface area contributed by atoms with Crippen LogP contribution < -0.4 is 11.1 Å². The monoisotopic (exact) mass is 428 g/mol. The maximum absolute atomic E-state index is 9.22. The van der Waals surface area contributed by atoms with Gasteiger partial charge in [0.25, 0.3) is 0 Å². The summed E-state index contributed by atoms with van der Waals surface area (Å²) in [6.45, 7) is 3.67. The lowest BCUT2D eigenvalue weighted by molar-refractivity contribution is -0.115. The van der Waals surface area contributed by atoms with Crippen LogP contribution in [0.15, 0.2) is 37.2 Å². The van der Waals surface area contributed by atoms with Gasteiger partial charge in [-0.25, -0.2) is 15.0 Å². The van der Waals surface area contributed by atoms with Gasteiger partial charge in [-0.3, -0.25) is 9.20 Å². The molecule has 4 aromatic heterocycles. The number of aromatic nitrogens is 6.